The Balaban J connectivity index is 1.49. The summed E-state index contributed by atoms with van der Waals surface area (Å²) in [6.07, 6.45) is 7.07. The van der Waals surface area contributed by atoms with E-state index in [4.69, 9.17) is 26.1 Å². The smallest absolute Gasteiger partial charge is 0.282 e. The van der Waals surface area contributed by atoms with Crippen LogP contribution in [0.25, 0.3) is 10.9 Å². The number of aryl methyl sites for hydroxylation is 1. The molecule has 4 aromatic rings. The highest BCUT2D eigenvalue weighted by molar-refractivity contribution is 9.10. The van der Waals surface area contributed by atoms with Crippen molar-refractivity contribution in [3.05, 3.63) is 97.0 Å². The van der Waals surface area contributed by atoms with Crippen molar-refractivity contribution < 1.29 is 9.47 Å². The first-order chi connectivity index (χ1) is 18.4. The number of ether oxygens (including phenoxy) is 2. The minimum Gasteiger partial charge on any atom is -0.493 e. The number of rotatable bonds is 7. The molecule has 38 heavy (non-hydrogen) atoms. The van der Waals surface area contributed by atoms with E-state index in [1.165, 1.54) is 11.1 Å². The Bertz CT molecular complexity index is 1560. The standard InChI is InChI=1S/C30H29BrClN3O3/c1-19-7-6-8-20(13-19)18-38-28-25(32)14-21(15-27(28)37-2)17-33-35-29(22-9-4-3-5-10-22)34-26-12-11-23(31)16-24(26)30(35)36/h6-8,11-17,22H,3-5,9-10,18H2,1-2H3. The summed E-state index contributed by atoms with van der Waals surface area (Å²) in [5, 5.41) is 5.55. The van der Waals surface area contributed by atoms with Gasteiger partial charge in [-0.15, -0.1) is 0 Å². The summed E-state index contributed by atoms with van der Waals surface area (Å²) in [6, 6.07) is 17.3. The maximum absolute atomic E-state index is 13.6. The van der Waals surface area contributed by atoms with E-state index in [1.54, 1.807) is 31.5 Å². The van der Waals surface area contributed by atoms with Gasteiger partial charge >= 0.3 is 0 Å². The predicted octanol–water partition coefficient (Wildman–Crippen LogP) is 7.64. The van der Waals surface area contributed by atoms with E-state index < -0.39 is 0 Å². The lowest BCUT2D eigenvalue weighted by molar-refractivity contribution is 0.284. The van der Waals surface area contributed by atoms with Gasteiger partial charge in [-0.3, -0.25) is 4.79 Å². The number of nitrogens with zero attached hydrogens (tertiary/aromatic N) is 3. The van der Waals surface area contributed by atoms with E-state index in [9.17, 15) is 4.79 Å². The molecule has 6 nitrogen and oxygen atoms in total. The fraction of sp³-hybridized carbons (Fsp3) is 0.300. The van der Waals surface area contributed by atoms with Crippen molar-refractivity contribution in [2.24, 2.45) is 5.10 Å². The lowest BCUT2D eigenvalue weighted by Crippen LogP contribution is -2.25. The molecule has 0 bridgehead atoms. The van der Waals surface area contributed by atoms with Crippen LogP contribution < -0.4 is 15.0 Å². The molecule has 0 atom stereocenters. The third kappa shape index (κ3) is 5.79. The number of benzene rings is 3. The highest BCUT2D eigenvalue weighted by Gasteiger charge is 2.22. The molecule has 1 aliphatic rings. The van der Waals surface area contributed by atoms with Gasteiger partial charge in [0, 0.05) is 10.4 Å². The number of halogens is 2. The lowest BCUT2D eigenvalue weighted by atomic mass is 9.88. The minimum absolute atomic E-state index is 0.190. The van der Waals surface area contributed by atoms with Gasteiger partial charge in [-0.2, -0.15) is 9.78 Å². The second kappa shape index (κ2) is 11.7. The molecule has 0 N–H and O–H groups in total. The first-order valence-electron chi connectivity index (χ1n) is 12.8. The molecule has 1 saturated carbocycles. The first-order valence-corrected chi connectivity index (χ1v) is 13.9. The third-order valence-corrected chi connectivity index (χ3v) is 7.62. The van der Waals surface area contributed by atoms with Crippen LogP contribution in [0.4, 0.5) is 0 Å². The Morgan fingerprint density at radius 2 is 1.95 bits per heavy atom. The number of fused-ring (bicyclic) bond motifs is 1. The Labute approximate surface area is 235 Å². The lowest BCUT2D eigenvalue weighted by Gasteiger charge is -2.22. The number of methoxy groups -OCH3 is 1. The van der Waals surface area contributed by atoms with Gasteiger partial charge in [-0.1, -0.05) is 76.6 Å². The zero-order valence-corrected chi connectivity index (χ0v) is 23.8. The molecule has 0 unspecified atom stereocenters. The van der Waals surface area contributed by atoms with Crippen LogP contribution in [0, 0.1) is 6.92 Å². The van der Waals surface area contributed by atoms with Crippen molar-refractivity contribution in [2.45, 2.75) is 51.6 Å². The normalized spacial score (nSPS) is 14.3. The second-order valence-electron chi connectivity index (χ2n) is 9.64. The molecule has 0 amide bonds. The molecular formula is C30H29BrClN3O3. The summed E-state index contributed by atoms with van der Waals surface area (Å²) >= 11 is 10.1. The van der Waals surface area contributed by atoms with Crippen molar-refractivity contribution in [1.29, 1.82) is 0 Å². The van der Waals surface area contributed by atoms with Crippen LogP contribution >= 0.6 is 27.5 Å². The summed E-state index contributed by atoms with van der Waals surface area (Å²) in [5.41, 5.74) is 3.38. The average molecular weight is 595 g/mol. The molecule has 0 radical (unpaired) electrons. The molecule has 0 aliphatic heterocycles. The van der Waals surface area contributed by atoms with Gasteiger partial charge in [0.25, 0.3) is 5.56 Å². The van der Waals surface area contributed by atoms with Crippen molar-refractivity contribution in [3.8, 4) is 11.5 Å². The fourth-order valence-electron chi connectivity index (χ4n) is 4.94. The van der Waals surface area contributed by atoms with Crippen LogP contribution in [0.2, 0.25) is 5.02 Å². The molecule has 1 aromatic heterocycles. The maximum Gasteiger partial charge on any atom is 0.282 e. The zero-order chi connectivity index (χ0) is 26.6. The fourth-order valence-corrected chi connectivity index (χ4v) is 5.57. The van der Waals surface area contributed by atoms with Crippen molar-refractivity contribution in [1.82, 2.24) is 9.66 Å². The monoisotopic (exact) mass is 593 g/mol. The van der Waals surface area contributed by atoms with Gasteiger partial charge in [0.1, 0.15) is 12.4 Å². The molecule has 0 saturated heterocycles. The number of hydrogen-bond acceptors (Lipinski definition) is 5. The Hall–Kier alpha value is -3.16. The van der Waals surface area contributed by atoms with Crippen LogP contribution in [0.1, 0.15) is 60.5 Å². The second-order valence-corrected chi connectivity index (χ2v) is 11.0. The molecule has 1 heterocycles. The average Bonchev–Trinajstić information content (AvgIpc) is 2.92. The van der Waals surface area contributed by atoms with Crippen LogP contribution in [0.5, 0.6) is 11.5 Å². The van der Waals surface area contributed by atoms with Gasteiger partial charge in [-0.25, -0.2) is 4.98 Å². The molecule has 1 fully saturated rings. The highest BCUT2D eigenvalue weighted by Crippen LogP contribution is 2.37. The van der Waals surface area contributed by atoms with Crippen LogP contribution in [-0.4, -0.2) is 23.0 Å². The summed E-state index contributed by atoms with van der Waals surface area (Å²) in [6.45, 7) is 2.41. The molecular weight excluding hydrogens is 566 g/mol. The summed E-state index contributed by atoms with van der Waals surface area (Å²) < 4.78 is 13.9. The zero-order valence-electron chi connectivity index (χ0n) is 21.4. The van der Waals surface area contributed by atoms with E-state index in [2.05, 4.69) is 27.1 Å². The number of aromatic nitrogens is 2. The summed E-state index contributed by atoms with van der Waals surface area (Å²) in [5.74, 6) is 1.85. The van der Waals surface area contributed by atoms with Gasteiger partial charge < -0.3 is 9.47 Å². The molecule has 5 rings (SSSR count). The van der Waals surface area contributed by atoms with E-state index in [1.807, 2.05) is 37.3 Å². The largest absolute Gasteiger partial charge is 0.493 e. The Morgan fingerprint density at radius 1 is 1.13 bits per heavy atom. The molecule has 3 aromatic carbocycles. The number of hydrogen-bond donors (Lipinski definition) is 0. The van der Waals surface area contributed by atoms with Crippen molar-refractivity contribution in [3.63, 3.8) is 0 Å². The summed E-state index contributed by atoms with van der Waals surface area (Å²) in [7, 11) is 1.57. The van der Waals surface area contributed by atoms with E-state index >= 15 is 0 Å². The van der Waals surface area contributed by atoms with E-state index in [-0.39, 0.29) is 11.5 Å². The van der Waals surface area contributed by atoms with Gasteiger partial charge in [-0.05, 0) is 61.2 Å². The van der Waals surface area contributed by atoms with E-state index in [0.29, 0.717) is 45.4 Å². The SMILES string of the molecule is COc1cc(C=Nn2c(C3CCCCC3)nc3ccc(Br)cc3c2=O)cc(Cl)c1OCc1cccc(C)c1. The highest BCUT2D eigenvalue weighted by atomic mass is 79.9. The van der Waals surface area contributed by atoms with Gasteiger partial charge in [0.2, 0.25) is 0 Å². The predicted molar refractivity (Wildman–Crippen MR) is 156 cm³/mol. The molecule has 196 valence electrons. The third-order valence-electron chi connectivity index (χ3n) is 6.84. The van der Waals surface area contributed by atoms with E-state index in [0.717, 1.165) is 41.3 Å². The quantitative estimate of drug-likeness (QED) is 0.206. The van der Waals surface area contributed by atoms with Gasteiger partial charge in [0.05, 0.1) is 29.2 Å². The van der Waals surface area contributed by atoms with Crippen LogP contribution in [0.15, 0.2) is 69.0 Å². The van der Waals surface area contributed by atoms with Crippen molar-refractivity contribution in [2.75, 3.05) is 7.11 Å². The van der Waals surface area contributed by atoms with Gasteiger partial charge in [0.15, 0.2) is 11.5 Å². The van der Waals surface area contributed by atoms with Crippen LogP contribution in [0.3, 0.4) is 0 Å². The Morgan fingerprint density at radius 3 is 2.71 bits per heavy atom. The topological polar surface area (TPSA) is 65.7 Å². The van der Waals surface area contributed by atoms with Crippen LogP contribution in [-0.2, 0) is 6.61 Å². The molecule has 1 aliphatic carbocycles. The maximum atomic E-state index is 13.6. The van der Waals surface area contributed by atoms with Crippen molar-refractivity contribution >= 4 is 44.6 Å². The molecule has 0 spiro atoms. The first kappa shape index (κ1) is 26.4. The Kier molecular flexibility index (Phi) is 8.15. The minimum atomic E-state index is -0.190. The molecule has 8 heteroatoms. The summed E-state index contributed by atoms with van der Waals surface area (Å²) in [4.78, 5) is 18.5.